The Balaban J connectivity index is 1.65. The van der Waals surface area contributed by atoms with Crippen molar-refractivity contribution in [1.29, 1.82) is 0 Å². The summed E-state index contributed by atoms with van der Waals surface area (Å²) in [5.74, 6) is -0.275. The minimum absolute atomic E-state index is 0.0729. The molecule has 5 nitrogen and oxygen atoms in total. The lowest BCUT2D eigenvalue weighted by atomic mass is 10.2. The van der Waals surface area contributed by atoms with Crippen molar-refractivity contribution >= 4 is 6.03 Å². The standard InChI is InChI=1S/C21H27FN4O/c1-17(14-25-12-2-3-13-25)24-21(27)26(16-19-8-10-23-11-9-19)15-18-4-6-20(22)7-5-18/h4-11,17H,2-3,12-16H2,1H3,(H,24,27)/t17-/m1/s1. The quantitative estimate of drug-likeness (QED) is 0.812. The molecule has 0 unspecified atom stereocenters. The SMILES string of the molecule is C[C@H](CN1CCCC1)NC(=O)N(Cc1ccncc1)Cc1ccc(F)cc1. The molecule has 144 valence electrons. The van der Waals surface area contributed by atoms with Crippen LogP contribution in [0.15, 0.2) is 48.8 Å². The number of nitrogens with one attached hydrogen (secondary N) is 1. The number of benzene rings is 1. The number of pyridine rings is 1. The number of halogens is 1. The molecule has 6 heteroatoms. The molecule has 3 rings (SSSR count). The Morgan fingerprint density at radius 1 is 1.11 bits per heavy atom. The van der Waals surface area contributed by atoms with E-state index in [2.05, 4.69) is 15.2 Å². The van der Waals surface area contributed by atoms with Gasteiger partial charge < -0.3 is 15.1 Å². The van der Waals surface area contributed by atoms with Crippen LogP contribution in [0.1, 0.15) is 30.9 Å². The molecule has 1 aliphatic heterocycles. The molecule has 0 saturated carbocycles. The van der Waals surface area contributed by atoms with Gasteiger partial charge in [0, 0.05) is 38.1 Å². The molecule has 27 heavy (non-hydrogen) atoms. The number of likely N-dealkylation sites (tertiary alicyclic amines) is 1. The lowest BCUT2D eigenvalue weighted by Crippen LogP contribution is -2.47. The number of hydrogen-bond acceptors (Lipinski definition) is 3. The van der Waals surface area contributed by atoms with Crippen LogP contribution in [0.2, 0.25) is 0 Å². The lowest BCUT2D eigenvalue weighted by Gasteiger charge is -2.27. The summed E-state index contributed by atoms with van der Waals surface area (Å²) in [6, 6.07) is 10.1. The monoisotopic (exact) mass is 370 g/mol. The van der Waals surface area contributed by atoms with Crippen LogP contribution in [0, 0.1) is 5.82 Å². The molecule has 1 fully saturated rings. The van der Waals surface area contributed by atoms with Gasteiger partial charge in [0.15, 0.2) is 0 Å². The minimum atomic E-state index is -0.275. The van der Waals surface area contributed by atoms with E-state index in [-0.39, 0.29) is 17.9 Å². The molecule has 1 aromatic carbocycles. The molecular formula is C21H27FN4O. The second-order valence-corrected chi connectivity index (χ2v) is 7.20. The third kappa shape index (κ3) is 6.03. The van der Waals surface area contributed by atoms with Crippen LogP contribution in [-0.4, -0.2) is 46.5 Å². The zero-order valence-corrected chi connectivity index (χ0v) is 15.8. The summed E-state index contributed by atoms with van der Waals surface area (Å²) in [5, 5.41) is 3.11. The normalized spacial score (nSPS) is 15.5. The number of rotatable bonds is 7. The van der Waals surface area contributed by atoms with Gasteiger partial charge in [0.1, 0.15) is 5.82 Å². The fourth-order valence-electron chi connectivity index (χ4n) is 3.42. The molecule has 0 bridgehead atoms. The predicted octanol–water partition coefficient (Wildman–Crippen LogP) is 3.42. The van der Waals surface area contributed by atoms with Crippen molar-refractivity contribution in [2.24, 2.45) is 0 Å². The van der Waals surface area contributed by atoms with Crippen molar-refractivity contribution in [3.8, 4) is 0 Å². The third-order valence-corrected chi connectivity index (χ3v) is 4.80. The van der Waals surface area contributed by atoms with E-state index in [1.165, 1.54) is 25.0 Å². The first kappa shape index (κ1) is 19.3. The van der Waals surface area contributed by atoms with Crippen molar-refractivity contribution in [2.45, 2.75) is 38.9 Å². The van der Waals surface area contributed by atoms with Gasteiger partial charge in [0.05, 0.1) is 0 Å². The number of amides is 2. The topological polar surface area (TPSA) is 48.5 Å². The van der Waals surface area contributed by atoms with Gasteiger partial charge in [0.2, 0.25) is 0 Å². The molecular weight excluding hydrogens is 343 g/mol. The molecule has 2 aromatic rings. The second-order valence-electron chi connectivity index (χ2n) is 7.20. The van der Waals surface area contributed by atoms with E-state index in [0.29, 0.717) is 13.1 Å². The Hall–Kier alpha value is -2.47. The second kappa shape index (κ2) is 9.46. The Kier molecular flexibility index (Phi) is 6.76. The molecule has 1 saturated heterocycles. The van der Waals surface area contributed by atoms with Crippen LogP contribution < -0.4 is 5.32 Å². The van der Waals surface area contributed by atoms with Gasteiger partial charge in [-0.2, -0.15) is 0 Å². The number of carbonyl (C=O) groups is 1. The van der Waals surface area contributed by atoms with Crippen molar-refractivity contribution < 1.29 is 9.18 Å². The van der Waals surface area contributed by atoms with E-state index >= 15 is 0 Å². The average Bonchev–Trinajstić information content (AvgIpc) is 3.16. The van der Waals surface area contributed by atoms with Crippen LogP contribution in [0.4, 0.5) is 9.18 Å². The van der Waals surface area contributed by atoms with Crippen LogP contribution >= 0.6 is 0 Å². The van der Waals surface area contributed by atoms with Crippen LogP contribution in [0.5, 0.6) is 0 Å². The van der Waals surface area contributed by atoms with E-state index in [9.17, 15) is 9.18 Å². The molecule has 0 aliphatic carbocycles. The van der Waals surface area contributed by atoms with E-state index in [1.807, 2.05) is 19.1 Å². The molecule has 0 spiro atoms. The Bertz CT molecular complexity index is 717. The van der Waals surface area contributed by atoms with Crippen molar-refractivity contribution in [3.05, 3.63) is 65.7 Å². The maximum Gasteiger partial charge on any atom is 0.318 e. The summed E-state index contributed by atoms with van der Waals surface area (Å²) in [6.07, 6.45) is 5.91. The fraction of sp³-hybridized carbons (Fsp3) is 0.429. The number of carbonyl (C=O) groups excluding carboxylic acids is 1. The average molecular weight is 370 g/mol. The molecule has 1 atom stereocenters. The summed E-state index contributed by atoms with van der Waals surface area (Å²) in [6.45, 7) is 6.02. The minimum Gasteiger partial charge on any atom is -0.334 e. The van der Waals surface area contributed by atoms with Crippen LogP contribution in [0.25, 0.3) is 0 Å². The largest absolute Gasteiger partial charge is 0.334 e. The summed E-state index contributed by atoms with van der Waals surface area (Å²) < 4.78 is 13.2. The van der Waals surface area contributed by atoms with Gasteiger partial charge in [-0.05, 0) is 68.2 Å². The molecule has 2 amide bonds. The van der Waals surface area contributed by atoms with Gasteiger partial charge >= 0.3 is 6.03 Å². The molecule has 1 N–H and O–H groups in total. The number of nitrogens with zero attached hydrogens (tertiary/aromatic N) is 3. The molecule has 1 aliphatic rings. The fourth-order valence-corrected chi connectivity index (χ4v) is 3.42. The Morgan fingerprint density at radius 3 is 2.33 bits per heavy atom. The molecule has 0 radical (unpaired) electrons. The van der Waals surface area contributed by atoms with Gasteiger partial charge in [-0.15, -0.1) is 0 Å². The summed E-state index contributed by atoms with van der Waals surface area (Å²) in [7, 11) is 0. The highest BCUT2D eigenvalue weighted by Gasteiger charge is 2.20. The lowest BCUT2D eigenvalue weighted by molar-refractivity contribution is 0.184. The number of urea groups is 1. The maximum atomic E-state index is 13.2. The number of hydrogen-bond donors (Lipinski definition) is 1. The first-order valence-electron chi connectivity index (χ1n) is 9.51. The van der Waals surface area contributed by atoms with Gasteiger partial charge in [-0.1, -0.05) is 12.1 Å². The van der Waals surface area contributed by atoms with Crippen molar-refractivity contribution in [3.63, 3.8) is 0 Å². The van der Waals surface area contributed by atoms with Gasteiger partial charge in [-0.3, -0.25) is 4.98 Å². The van der Waals surface area contributed by atoms with Crippen LogP contribution in [-0.2, 0) is 13.1 Å². The predicted molar refractivity (Wildman–Crippen MR) is 104 cm³/mol. The van der Waals surface area contributed by atoms with E-state index in [0.717, 1.165) is 30.8 Å². The van der Waals surface area contributed by atoms with E-state index in [1.54, 1.807) is 29.4 Å². The first-order chi connectivity index (χ1) is 13.1. The third-order valence-electron chi connectivity index (χ3n) is 4.80. The Labute approximate surface area is 160 Å². The highest BCUT2D eigenvalue weighted by atomic mass is 19.1. The van der Waals surface area contributed by atoms with E-state index in [4.69, 9.17) is 0 Å². The van der Waals surface area contributed by atoms with Gasteiger partial charge in [0.25, 0.3) is 0 Å². The number of aromatic nitrogens is 1. The zero-order valence-electron chi connectivity index (χ0n) is 15.8. The highest BCUT2D eigenvalue weighted by molar-refractivity contribution is 5.74. The first-order valence-corrected chi connectivity index (χ1v) is 9.51. The van der Waals surface area contributed by atoms with Crippen molar-refractivity contribution in [2.75, 3.05) is 19.6 Å². The molecule has 1 aromatic heterocycles. The van der Waals surface area contributed by atoms with E-state index < -0.39 is 0 Å². The summed E-state index contributed by atoms with van der Waals surface area (Å²) in [5.41, 5.74) is 1.90. The summed E-state index contributed by atoms with van der Waals surface area (Å²) in [4.78, 5) is 21.1. The zero-order chi connectivity index (χ0) is 19.1. The smallest absolute Gasteiger partial charge is 0.318 e. The molecule has 2 heterocycles. The maximum absolute atomic E-state index is 13.2. The van der Waals surface area contributed by atoms with Gasteiger partial charge in [-0.25, -0.2) is 9.18 Å². The highest BCUT2D eigenvalue weighted by Crippen LogP contribution is 2.12. The Morgan fingerprint density at radius 2 is 1.70 bits per heavy atom. The summed E-state index contributed by atoms with van der Waals surface area (Å²) >= 11 is 0. The van der Waals surface area contributed by atoms with Crippen LogP contribution in [0.3, 0.4) is 0 Å². The van der Waals surface area contributed by atoms with Crippen molar-refractivity contribution in [1.82, 2.24) is 20.1 Å².